The number of sulfone groups is 1. The molecule has 1 unspecified atom stereocenters. The van der Waals surface area contributed by atoms with Crippen LogP contribution in [0.5, 0.6) is 0 Å². The van der Waals surface area contributed by atoms with Crippen LogP contribution < -0.4 is 0 Å². The number of hydrogen-bond acceptors (Lipinski definition) is 3. The highest BCUT2D eigenvalue weighted by Crippen LogP contribution is 2.49. The average molecular weight is 267 g/mol. The Bertz CT molecular complexity index is 451. The first-order valence-corrected chi connectivity index (χ1v) is 8.99. The maximum absolute atomic E-state index is 12.2. The van der Waals surface area contributed by atoms with Crippen LogP contribution in [0.3, 0.4) is 0 Å². The second-order valence-corrected chi connectivity index (χ2v) is 8.73. The Morgan fingerprint density at radius 3 is 2.28 bits per heavy atom. The quantitative estimate of drug-likeness (QED) is 0.742. The smallest absolute Gasteiger partial charge is 0.150 e. The highest BCUT2D eigenvalue weighted by atomic mass is 32.2. The molecule has 0 aromatic carbocycles. The average Bonchev–Trinajstić information content (AvgIpc) is 3.08. The topological polar surface area (TPSA) is 57.9 Å². The van der Waals surface area contributed by atoms with E-state index >= 15 is 0 Å². The lowest BCUT2D eigenvalue weighted by atomic mass is 9.68. The molecule has 3 nitrogen and oxygen atoms in total. The van der Waals surface area contributed by atoms with Crippen LogP contribution in [-0.2, 0) is 9.84 Å². The second kappa shape index (κ2) is 4.52. The van der Waals surface area contributed by atoms with Gasteiger partial charge in [0.15, 0.2) is 9.84 Å². The summed E-state index contributed by atoms with van der Waals surface area (Å²) in [6.45, 7) is 0. The zero-order valence-electron chi connectivity index (χ0n) is 10.7. The predicted molar refractivity (Wildman–Crippen MR) is 69.4 cm³/mol. The molecule has 4 heteroatoms. The highest BCUT2D eigenvalue weighted by molar-refractivity contribution is 7.91. The largest absolute Gasteiger partial charge is 0.229 e. The molecule has 0 N–H and O–H groups in total. The van der Waals surface area contributed by atoms with Gasteiger partial charge in [-0.3, -0.25) is 0 Å². The third-order valence-corrected chi connectivity index (χ3v) is 6.70. The Kier molecular flexibility index (Phi) is 3.13. The Morgan fingerprint density at radius 1 is 1.11 bits per heavy atom. The van der Waals surface area contributed by atoms with E-state index in [1.54, 1.807) is 0 Å². The summed E-state index contributed by atoms with van der Waals surface area (Å²) in [5, 5.41) is 8.83. The number of nitriles is 1. The van der Waals surface area contributed by atoms with Crippen LogP contribution in [0, 0.1) is 40.9 Å². The van der Waals surface area contributed by atoms with Gasteiger partial charge in [-0.2, -0.15) is 5.26 Å². The SMILES string of the molecule is N#CC1CC(C(CS(=O)(=O)CC2CC2)C2CC2)C1. The molecule has 18 heavy (non-hydrogen) atoms. The van der Waals surface area contributed by atoms with Gasteiger partial charge in [-0.1, -0.05) is 0 Å². The summed E-state index contributed by atoms with van der Waals surface area (Å²) >= 11 is 0. The van der Waals surface area contributed by atoms with Gasteiger partial charge in [0, 0.05) is 5.92 Å². The first-order valence-electron chi connectivity index (χ1n) is 7.17. The van der Waals surface area contributed by atoms with E-state index in [9.17, 15) is 8.42 Å². The van der Waals surface area contributed by atoms with E-state index in [4.69, 9.17) is 5.26 Å². The summed E-state index contributed by atoms with van der Waals surface area (Å²) in [6, 6.07) is 2.30. The van der Waals surface area contributed by atoms with Gasteiger partial charge in [-0.15, -0.1) is 0 Å². The van der Waals surface area contributed by atoms with Crippen molar-refractivity contribution in [2.75, 3.05) is 11.5 Å². The van der Waals surface area contributed by atoms with Gasteiger partial charge in [-0.05, 0) is 62.2 Å². The van der Waals surface area contributed by atoms with Gasteiger partial charge in [0.25, 0.3) is 0 Å². The molecular formula is C14H21NO2S. The molecule has 3 saturated carbocycles. The van der Waals surface area contributed by atoms with Crippen molar-refractivity contribution in [1.29, 1.82) is 5.26 Å². The fourth-order valence-electron chi connectivity index (χ4n) is 3.30. The van der Waals surface area contributed by atoms with Crippen molar-refractivity contribution in [3.63, 3.8) is 0 Å². The molecule has 3 aliphatic rings. The van der Waals surface area contributed by atoms with Crippen molar-refractivity contribution >= 4 is 9.84 Å². The molecule has 0 aromatic heterocycles. The third kappa shape index (κ3) is 2.88. The minimum Gasteiger partial charge on any atom is -0.229 e. The number of nitrogens with zero attached hydrogens (tertiary/aromatic N) is 1. The molecule has 0 amide bonds. The predicted octanol–water partition coefficient (Wildman–Crippen LogP) is 2.39. The van der Waals surface area contributed by atoms with Crippen LogP contribution >= 0.6 is 0 Å². The summed E-state index contributed by atoms with van der Waals surface area (Å²) in [7, 11) is -2.85. The molecule has 0 spiro atoms. The molecule has 3 rings (SSSR count). The van der Waals surface area contributed by atoms with Gasteiger partial charge in [-0.25, -0.2) is 8.42 Å². The van der Waals surface area contributed by atoms with Crippen molar-refractivity contribution in [2.45, 2.75) is 38.5 Å². The number of rotatable bonds is 6. The third-order valence-electron chi connectivity index (χ3n) is 4.82. The molecule has 3 fully saturated rings. The lowest BCUT2D eigenvalue weighted by molar-refractivity contribution is 0.157. The molecule has 0 saturated heterocycles. The molecule has 0 heterocycles. The monoisotopic (exact) mass is 267 g/mol. The van der Waals surface area contributed by atoms with Crippen molar-refractivity contribution in [2.24, 2.45) is 29.6 Å². The van der Waals surface area contributed by atoms with Gasteiger partial charge < -0.3 is 0 Å². The highest BCUT2D eigenvalue weighted by Gasteiger charge is 2.44. The van der Waals surface area contributed by atoms with Gasteiger partial charge in [0.05, 0.1) is 17.6 Å². The summed E-state index contributed by atoms with van der Waals surface area (Å²) in [4.78, 5) is 0. The van der Waals surface area contributed by atoms with E-state index in [0.717, 1.165) is 25.7 Å². The maximum atomic E-state index is 12.2. The zero-order valence-corrected chi connectivity index (χ0v) is 11.5. The Labute approximate surface area is 109 Å². The molecule has 0 aromatic rings. The first-order chi connectivity index (χ1) is 8.57. The summed E-state index contributed by atoms with van der Waals surface area (Å²) in [5.74, 6) is 2.99. The van der Waals surface area contributed by atoms with Crippen LogP contribution in [0.2, 0.25) is 0 Å². The first kappa shape index (κ1) is 12.5. The maximum Gasteiger partial charge on any atom is 0.150 e. The fraction of sp³-hybridized carbons (Fsp3) is 0.929. The van der Waals surface area contributed by atoms with Gasteiger partial charge in [0.1, 0.15) is 0 Å². The van der Waals surface area contributed by atoms with Gasteiger partial charge >= 0.3 is 0 Å². The van der Waals surface area contributed by atoms with E-state index in [2.05, 4.69) is 6.07 Å². The van der Waals surface area contributed by atoms with Crippen molar-refractivity contribution in [1.82, 2.24) is 0 Å². The number of hydrogen-bond donors (Lipinski definition) is 0. The Hall–Kier alpha value is -0.560. The molecule has 100 valence electrons. The lowest BCUT2D eigenvalue weighted by Gasteiger charge is -2.37. The molecule has 1 atom stereocenters. The summed E-state index contributed by atoms with van der Waals surface area (Å²) < 4.78 is 24.3. The van der Waals surface area contributed by atoms with Crippen LogP contribution in [0.1, 0.15) is 38.5 Å². The summed E-state index contributed by atoms with van der Waals surface area (Å²) in [5.41, 5.74) is 0. The Morgan fingerprint density at radius 2 is 1.78 bits per heavy atom. The molecular weight excluding hydrogens is 246 g/mol. The van der Waals surface area contributed by atoms with Gasteiger partial charge in [0.2, 0.25) is 0 Å². The Balaban J connectivity index is 1.59. The molecule has 0 aliphatic heterocycles. The minimum atomic E-state index is -2.85. The molecule has 3 aliphatic carbocycles. The van der Waals surface area contributed by atoms with Crippen molar-refractivity contribution in [3.05, 3.63) is 0 Å². The van der Waals surface area contributed by atoms with E-state index in [1.807, 2.05) is 0 Å². The van der Waals surface area contributed by atoms with E-state index < -0.39 is 9.84 Å². The van der Waals surface area contributed by atoms with Crippen molar-refractivity contribution < 1.29 is 8.42 Å². The van der Waals surface area contributed by atoms with E-state index in [0.29, 0.717) is 35.2 Å². The molecule has 0 radical (unpaired) electrons. The van der Waals surface area contributed by atoms with Crippen LogP contribution in [-0.4, -0.2) is 19.9 Å². The van der Waals surface area contributed by atoms with Crippen molar-refractivity contribution in [3.8, 4) is 6.07 Å². The molecule has 0 bridgehead atoms. The van der Waals surface area contributed by atoms with E-state index in [-0.39, 0.29) is 5.92 Å². The van der Waals surface area contributed by atoms with Crippen LogP contribution in [0.15, 0.2) is 0 Å². The zero-order chi connectivity index (χ0) is 12.8. The minimum absolute atomic E-state index is 0.197. The fourth-order valence-corrected chi connectivity index (χ4v) is 5.62. The normalized spacial score (nSPS) is 33.5. The van der Waals surface area contributed by atoms with E-state index in [1.165, 1.54) is 12.8 Å². The van der Waals surface area contributed by atoms with Crippen LogP contribution in [0.25, 0.3) is 0 Å². The lowest BCUT2D eigenvalue weighted by Crippen LogP contribution is -2.35. The summed E-state index contributed by atoms with van der Waals surface area (Å²) in [6.07, 6.45) is 6.50. The van der Waals surface area contributed by atoms with Crippen LogP contribution in [0.4, 0.5) is 0 Å². The second-order valence-electron chi connectivity index (χ2n) is 6.58. The standard InChI is InChI=1S/C14H21NO2S/c15-7-11-5-13(6-11)14(12-3-4-12)9-18(16,17)8-10-1-2-10/h10-14H,1-6,8-9H2.